The maximum Gasteiger partial charge on any atom is 0.161 e. The van der Waals surface area contributed by atoms with Crippen LogP contribution in [0.2, 0.25) is 0 Å². The van der Waals surface area contributed by atoms with E-state index in [1.165, 1.54) is 0 Å². The van der Waals surface area contributed by atoms with E-state index in [0.29, 0.717) is 56.0 Å². The summed E-state index contributed by atoms with van der Waals surface area (Å²) in [4.78, 5) is 9.67. The van der Waals surface area contributed by atoms with Crippen molar-refractivity contribution in [2.75, 3.05) is 0 Å². The van der Waals surface area contributed by atoms with Crippen LogP contribution >= 0.6 is 0 Å². The second kappa shape index (κ2) is 14.5. The number of nitrogens with zero attached hydrogens (tertiary/aromatic N) is 9. The third-order valence-corrected chi connectivity index (χ3v) is 11.4. The minimum Gasteiger partial charge on any atom is -0.307 e. The highest BCUT2D eigenvalue weighted by Crippen LogP contribution is 2.42. The molecule has 0 aliphatic heterocycles. The number of hydrogen-bond acceptors (Lipinski definition) is 7. The Bertz CT molecular complexity index is 3770. The number of hydrogen-bond donors (Lipinski definition) is 0. The molecule has 286 valence electrons. The lowest BCUT2D eigenvalue weighted by molar-refractivity contribution is 1.05. The van der Waals surface area contributed by atoms with Gasteiger partial charge < -0.3 is 9.13 Å². The van der Waals surface area contributed by atoms with E-state index >= 15 is 0 Å². The van der Waals surface area contributed by atoms with Gasteiger partial charge in [0.15, 0.2) is 5.82 Å². The van der Waals surface area contributed by atoms with Gasteiger partial charge in [0.1, 0.15) is 0 Å². The van der Waals surface area contributed by atoms with E-state index in [1.807, 2.05) is 80.6 Å². The molecule has 9 heteroatoms. The quantitative estimate of drug-likeness (QED) is 0.168. The van der Waals surface area contributed by atoms with Crippen molar-refractivity contribution in [2.45, 2.75) is 13.8 Å². The number of fused-ring (bicyclic) bond motifs is 6. The summed E-state index contributed by atoms with van der Waals surface area (Å²) in [6.07, 6.45) is 0. The Morgan fingerprint density at radius 3 is 1.29 bits per heavy atom. The van der Waals surface area contributed by atoms with Gasteiger partial charge in [0.05, 0.1) is 91.6 Å². The molecule has 0 amide bonds. The Hall–Kier alpha value is -9.33. The molecule has 10 aromatic rings. The highest BCUT2D eigenvalue weighted by Gasteiger charge is 2.24. The molecule has 7 aromatic carbocycles. The van der Waals surface area contributed by atoms with Crippen LogP contribution in [-0.2, 0) is 0 Å². The Kier molecular flexibility index (Phi) is 8.64. The Balaban J connectivity index is 1.35. The molecule has 0 radical (unpaired) electrons. The fourth-order valence-electron chi connectivity index (χ4n) is 8.77. The third-order valence-electron chi connectivity index (χ3n) is 11.4. The first-order valence-corrected chi connectivity index (χ1v) is 19.7. The second-order valence-corrected chi connectivity index (χ2v) is 15.1. The molecular formula is C53H29N9. The zero-order valence-electron chi connectivity index (χ0n) is 33.3. The summed E-state index contributed by atoms with van der Waals surface area (Å²) >= 11 is 0. The molecule has 0 atom stereocenters. The minimum atomic E-state index is 0.382. The van der Waals surface area contributed by atoms with Gasteiger partial charge in [0, 0.05) is 38.5 Å². The standard InChI is InChI=1S/C53H29N9/c1-31-19-32(2)60-53(59-31)46-25-52(62-48-10-6-4-8-43(48)45-18-14-36(23-50(45)62)41-16-12-34(27-55)21-38(41)29-57)51(24-39(46)30-58)61-47-9-5-3-7-42(47)44-17-13-35(22-49(44)61)40-15-11-33(26-54)20-37(40)28-56/h3-25H,1-2H3. The van der Waals surface area contributed by atoms with Crippen LogP contribution in [-0.4, -0.2) is 19.1 Å². The summed E-state index contributed by atoms with van der Waals surface area (Å²) in [6, 6.07) is 56.0. The third kappa shape index (κ3) is 5.81. The van der Waals surface area contributed by atoms with E-state index in [1.54, 1.807) is 24.3 Å². The molecular weight excluding hydrogens is 763 g/mol. The molecule has 0 N–H and O–H groups in total. The van der Waals surface area contributed by atoms with E-state index in [4.69, 9.17) is 9.97 Å². The molecule has 0 fully saturated rings. The molecule has 0 spiro atoms. The van der Waals surface area contributed by atoms with Crippen molar-refractivity contribution < 1.29 is 0 Å². The molecule has 10 rings (SSSR count). The lowest BCUT2D eigenvalue weighted by Crippen LogP contribution is -2.06. The molecule has 0 unspecified atom stereocenters. The topological polar surface area (TPSA) is 155 Å². The summed E-state index contributed by atoms with van der Waals surface area (Å²) in [6.45, 7) is 3.82. The first-order chi connectivity index (χ1) is 30.3. The van der Waals surface area contributed by atoms with Crippen LogP contribution in [0.1, 0.15) is 39.2 Å². The van der Waals surface area contributed by atoms with Gasteiger partial charge in [0.2, 0.25) is 0 Å². The first kappa shape index (κ1) is 37.0. The van der Waals surface area contributed by atoms with Gasteiger partial charge in [-0.15, -0.1) is 0 Å². The van der Waals surface area contributed by atoms with Gasteiger partial charge in [-0.05, 0) is 103 Å². The van der Waals surface area contributed by atoms with Gasteiger partial charge in [-0.25, -0.2) is 9.97 Å². The van der Waals surface area contributed by atoms with Crippen LogP contribution in [0.25, 0.3) is 88.6 Å². The molecule has 3 aromatic heterocycles. The van der Waals surface area contributed by atoms with E-state index in [-0.39, 0.29) is 0 Å². The minimum absolute atomic E-state index is 0.382. The van der Waals surface area contributed by atoms with Crippen molar-refractivity contribution in [3.05, 3.63) is 179 Å². The fourth-order valence-corrected chi connectivity index (χ4v) is 8.77. The average Bonchev–Trinajstić information content (AvgIpc) is 3.82. The van der Waals surface area contributed by atoms with Crippen LogP contribution < -0.4 is 0 Å². The van der Waals surface area contributed by atoms with Crippen LogP contribution in [0.5, 0.6) is 0 Å². The number of aromatic nitrogens is 4. The van der Waals surface area contributed by atoms with E-state index in [0.717, 1.165) is 71.8 Å². The molecule has 0 bridgehead atoms. The Labute approximate surface area is 355 Å². The highest BCUT2D eigenvalue weighted by molar-refractivity contribution is 6.13. The molecule has 0 aliphatic carbocycles. The van der Waals surface area contributed by atoms with Crippen LogP contribution in [0.15, 0.2) is 140 Å². The van der Waals surface area contributed by atoms with Crippen molar-refractivity contribution in [1.82, 2.24) is 19.1 Å². The SMILES string of the molecule is Cc1cc(C)nc(-c2cc(-n3c4ccccc4c4ccc(-c5ccc(C#N)cc5C#N)cc43)c(-n3c4ccccc4c4ccc(-c5ccc(C#N)cc5C#N)cc43)cc2C#N)n1. The molecule has 0 aliphatic rings. The van der Waals surface area contributed by atoms with Gasteiger partial charge in [-0.2, -0.15) is 26.3 Å². The van der Waals surface area contributed by atoms with Crippen LogP contribution in [0.3, 0.4) is 0 Å². The maximum absolute atomic E-state index is 11.0. The molecule has 9 nitrogen and oxygen atoms in total. The number of benzene rings is 7. The Morgan fingerprint density at radius 1 is 0.387 bits per heavy atom. The fraction of sp³-hybridized carbons (Fsp3) is 0.0377. The van der Waals surface area contributed by atoms with Crippen molar-refractivity contribution >= 4 is 43.6 Å². The van der Waals surface area contributed by atoms with Crippen LogP contribution in [0, 0.1) is 70.5 Å². The molecule has 62 heavy (non-hydrogen) atoms. The lowest BCUT2D eigenvalue weighted by atomic mass is 9.97. The summed E-state index contributed by atoms with van der Waals surface area (Å²) in [7, 11) is 0. The number of aryl methyl sites for hydroxylation is 2. The number of para-hydroxylation sites is 2. The zero-order valence-corrected chi connectivity index (χ0v) is 33.3. The van der Waals surface area contributed by atoms with E-state index in [2.05, 4.69) is 88.0 Å². The van der Waals surface area contributed by atoms with Gasteiger partial charge in [0.25, 0.3) is 0 Å². The van der Waals surface area contributed by atoms with Crippen molar-refractivity contribution in [3.8, 4) is 75.4 Å². The summed E-state index contributed by atoms with van der Waals surface area (Å²) in [5, 5.41) is 54.5. The largest absolute Gasteiger partial charge is 0.307 e. The number of nitriles is 5. The van der Waals surface area contributed by atoms with Crippen molar-refractivity contribution in [3.63, 3.8) is 0 Å². The summed E-state index contributed by atoms with van der Waals surface area (Å²) in [5.41, 5.74) is 12.0. The number of rotatable bonds is 5. The van der Waals surface area contributed by atoms with E-state index in [9.17, 15) is 26.3 Å². The predicted molar refractivity (Wildman–Crippen MR) is 240 cm³/mol. The normalized spacial score (nSPS) is 11.0. The van der Waals surface area contributed by atoms with E-state index < -0.39 is 0 Å². The van der Waals surface area contributed by atoms with Crippen molar-refractivity contribution in [2.24, 2.45) is 0 Å². The second-order valence-electron chi connectivity index (χ2n) is 15.1. The smallest absolute Gasteiger partial charge is 0.161 e. The van der Waals surface area contributed by atoms with Gasteiger partial charge >= 0.3 is 0 Å². The monoisotopic (exact) mass is 791 g/mol. The summed E-state index contributed by atoms with van der Waals surface area (Å²) in [5.74, 6) is 0.430. The predicted octanol–water partition coefficient (Wildman–Crippen LogP) is 11.6. The Morgan fingerprint density at radius 2 is 0.823 bits per heavy atom. The highest BCUT2D eigenvalue weighted by atomic mass is 15.1. The molecule has 0 saturated carbocycles. The molecule has 3 heterocycles. The summed E-state index contributed by atoms with van der Waals surface area (Å²) < 4.78 is 4.37. The van der Waals surface area contributed by atoms with Gasteiger partial charge in [-0.3, -0.25) is 0 Å². The van der Waals surface area contributed by atoms with Crippen LogP contribution in [0.4, 0.5) is 0 Å². The van der Waals surface area contributed by atoms with Crippen molar-refractivity contribution in [1.29, 1.82) is 26.3 Å². The van der Waals surface area contributed by atoms with Gasteiger partial charge in [-0.1, -0.05) is 72.8 Å². The first-order valence-electron chi connectivity index (χ1n) is 19.7. The average molecular weight is 792 g/mol. The zero-order chi connectivity index (χ0) is 42.6. The lowest BCUT2D eigenvalue weighted by Gasteiger charge is -2.19. The molecule has 0 saturated heterocycles. The maximum atomic E-state index is 11.0.